The SMILES string of the molecule is CCCCCCCCCCCCCCCCCCCCC(=O)O[C@H](COC(=O)CCCCCCCCCCCCCC(C)C)COP(=O)(O)OC[C@@H](O)COP(=O)(O)OC[C@@H](COC(=O)CCCCCCCCCC)OC(=O)CCCCCCCCCCCCCCC. The summed E-state index contributed by atoms with van der Waals surface area (Å²) in [6.07, 6.45) is 55.5. The van der Waals surface area contributed by atoms with Gasteiger partial charge in [0.15, 0.2) is 12.2 Å². The first-order chi connectivity index (χ1) is 45.0. The molecule has 0 bridgehead atoms. The molecule has 3 N–H and O–H groups in total. The van der Waals surface area contributed by atoms with Crippen molar-refractivity contribution in [2.24, 2.45) is 5.92 Å². The first-order valence-corrected chi connectivity index (χ1v) is 41.6. The summed E-state index contributed by atoms with van der Waals surface area (Å²) in [5.74, 6) is -1.35. The Bertz CT molecular complexity index is 1790. The second-order valence-corrected chi connectivity index (χ2v) is 30.1. The Labute approximate surface area is 568 Å². The van der Waals surface area contributed by atoms with Crippen molar-refractivity contribution in [1.29, 1.82) is 0 Å². The predicted octanol–water partition coefficient (Wildman–Crippen LogP) is 21.7. The van der Waals surface area contributed by atoms with Crippen molar-refractivity contribution in [3.63, 3.8) is 0 Å². The Morgan fingerprint density at radius 3 is 0.731 bits per heavy atom. The molecule has 0 saturated carbocycles. The van der Waals surface area contributed by atoms with Gasteiger partial charge in [0.1, 0.15) is 19.3 Å². The molecule has 17 nitrogen and oxygen atoms in total. The molecule has 0 heterocycles. The molecular weight excluding hydrogens is 1220 g/mol. The van der Waals surface area contributed by atoms with E-state index in [0.717, 1.165) is 102 Å². The monoisotopic (exact) mass is 1370 g/mol. The molecule has 93 heavy (non-hydrogen) atoms. The highest BCUT2D eigenvalue weighted by molar-refractivity contribution is 7.47. The van der Waals surface area contributed by atoms with Crippen LogP contribution in [0.5, 0.6) is 0 Å². The van der Waals surface area contributed by atoms with Gasteiger partial charge in [-0.2, -0.15) is 0 Å². The maximum absolute atomic E-state index is 13.1. The molecule has 0 aliphatic carbocycles. The van der Waals surface area contributed by atoms with Crippen LogP contribution in [0.3, 0.4) is 0 Å². The highest BCUT2D eigenvalue weighted by atomic mass is 31.2. The third kappa shape index (κ3) is 68.4. The van der Waals surface area contributed by atoms with E-state index in [2.05, 4.69) is 34.6 Å². The van der Waals surface area contributed by atoms with Gasteiger partial charge < -0.3 is 33.8 Å². The summed E-state index contributed by atoms with van der Waals surface area (Å²) < 4.78 is 68.4. The number of unbranched alkanes of at least 4 members (excludes halogenated alkanes) is 46. The first-order valence-electron chi connectivity index (χ1n) is 38.6. The van der Waals surface area contributed by atoms with Crippen LogP contribution in [0.25, 0.3) is 0 Å². The number of phosphoric acid groups is 2. The minimum Gasteiger partial charge on any atom is -0.462 e. The van der Waals surface area contributed by atoms with Crippen LogP contribution in [0.1, 0.15) is 388 Å². The van der Waals surface area contributed by atoms with E-state index in [4.69, 9.17) is 37.0 Å². The van der Waals surface area contributed by atoms with Crippen molar-refractivity contribution in [2.45, 2.75) is 406 Å². The number of ether oxygens (including phenoxy) is 4. The van der Waals surface area contributed by atoms with Crippen molar-refractivity contribution < 1.29 is 80.2 Å². The van der Waals surface area contributed by atoms with E-state index >= 15 is 0 Å². The van der Waals surface area contributed by atoms with Crippen LogP contribution in [0.2, 0.25) is 0 Å². The number of carbonyl (C=O) groups excluding carboxylic acids is 4. The van der Waals surface area contributed by atoms with Gasteiger partial charge in [-0.1, -0.05) is 336 Å². The average molecular weight is 1370 g/mol. The molecule has 5 atom stereocenters. The van der Waals surface area contributed by atoms with Gasteiger partial charge in [-0.25, -0.2) is 9.13 Å². The molecule has 0 amide bonds. The number of phosphoric ester groups is 2. The Morgan fingerprint density at radius 2 is 0.495 bits per heavy atom. The van der Waals surface area contributed by atoms with Crippen LogP contribution in [0, 0.1) is 5.92 Å². The van der Waals surface area contributed by atoms with Crippen LogP contribution in [-0.2, 0) is 65.4 Å². The third-order valence-corrected chi connectivity index (χ3v) is 19.2. The second kappa shape index (κ2) is 67.3. The normalized spacial score (nSPS) is 14.0. The fraction of sp³-hybridized carbons (Fsp3) is 0.946. The maximum atomic E-state index is 13.1. The molecule has 0 aromatic heterocycles. The lowest BCUT2D eigenvalue weighted by molar-refractivity contribution is -0.161. The fourth-order valence-electron chi connectivity index (χ4n) is 11.4. The van der Waals surface area contributed by atoms with Gasteiger partial charge >= 0.3 is 39.5 Å². The standard InChI is InChI=1S/C74H144O17P2/c1-6-9-12-15-18-21-23-25-26-27-28-29-31-35-40-45-50-55-60-74(79)91-70(64-85-72(77)58-53-48-43-38-36-32-33-37-41-46-51-56-67(4)5)66-89-93(82,83)87-62-68(75)61-86-92(80,81)88-65-69(63-84-71(76)57-52-47-42-20-17-14-11-8-3)90-73(78)59-54-49-44-39-34-30-24-22-19-16-13-10-7-2/h67-70,75H,6-66H2,1-5H3,(H,80,81)(H,82,83)/t68-,69+,70+/m0/s1. The minimum absolute atomic E-state index is 0.108. The van der Waals surface area contributed by atoms with Crippen molar-refractivity contribution in [3.8, 4) is 0 Å². The smallest absolute Gasteiger partial charge is 0.462 e. The van der Waals surface area contributed by atoms with Crippen LogP contribution >= 0.6 is 15.6 Å². The van der Waals surface area contributed by atoms with Crippen LogP contribution < -0.4 is 0 Å². The summed E-state index contributed by atoms with van der Waals surface area (Å²) in [6, 6.07) is 0. The number of rotatable bonds is 74. The van der Waals surface area contributed by atoms with E-state index in [-0.39, 0.29) is 25.7 Å². The van der Waals surface area contributed by atoms with Crippen molar-refractivity contribution in [2.75, 3.05) is 39.6 Å². The first kappa shape index (κ1) is 91.1. The zero-order chi connectivity index (χ0) is 68.4. The van der Waals surface area contributed by atoms with E-state index < -0.39 is 97.5 Å². The number of hydrogen-bond donors (Lipinski definition) is 3. The van der Waals surface area contributed by atoms with E-state index in [0.29, 0.717) is 25.7 Å². The summed E-state index contributed by atoms with van der Waals surface area (Å²) >= 11 is 0. The zero-order valence-electron chi connectivity index (χ0n) is 60.4. The maximum Gasteiger partial charge on any atom is 0.472 e. The Balaban J connectivity index is 5.21. The highest BCUT2D eigenvalue weighted by Gasteiger charge is 2.30. The molecule has 0 spiro atoms. The molecule has 0 aromatic rings. The molecule has 0 aliphatic heterocycles. The van der Waals surface area contributed by atoms with Crippen LogP contribution in [0.15, 0.2) is 0 Å². The van der Waals surface area contributed by atoms with Crippen molar-refractivity contribution in [3.05, 3.63) is 0 Å². The second-order valence-electron chi connectivity index (χ2n) is 27.2. The van der Waals surface area contributed by atoms with Gasteiger partial charge in [-0.3, -0.25) is 37.3 Å². The molecule has 0 rings (SSSR count). The van der Waals surface area contributed by atoms with E-state index in [1.807, 2.05) is 0 Å². The molecule has 0 radical (unpaired) electrons. The number of hydrogen-bond acceptors (Lipinski definition) is 15. The van der Waals surface area contributed by atoms with Crippen molar-refractivity contribution >= 4 is 39.5 Å². The molecule has 552 valence electrons. The summed E-state index contributed by atoms with van der Waals surface area (Å²) in [5, 5.41) is 10.6. The van der Waals surface area contributed by atoms with Gasteiger partial charge in [0.25, 0.3) is 0 Å². The van der Waals surface area contributed by atoms with Crippen LogP contribution in [0.4, 0.5) is 0 Å². The molecule has 0 aromatic carbocycles. The largest absolute Gasteiger partial charge is 0.472 e. The Kier molecular flexibility index (Phi) is 65.9. The lowest BCUT2D eigenvalue weighted by Crippen LogP contribution is -2.30. The van der Waals surface area contributed by atoms with E-state index in [9.17, 15) is 43.2 Å². The number of esters is 4. The predicted molar refractivity (Wildman–Crippen MR) is 377 cm³/mol. The van der Waals surface area contributed by atoms with Gasteiger partial charge in [-0.05, 0) is 31.6 Å². The van der Waals surface area contributed by atoms with Crippen LogP contribution in [-0.4, -0.2) is 96.7 Å². The molecular formula is C74H144O17P2. The van der Waals surface area contributed by atoms with Gasteiger partial charge in [0.2, 0.25) is 0 Å². The summed E-state index contributed by atoms with van der Waals surface area (Å²) in [7, 11) is -9.90. The lowest BCUT2D eigenvalue weighted by Gasteiger charge is -2.21. The highest BCUT2D eigenvalue weighted by Crippen LogP contribution is 2.45. The minimum atomic E-state index is -4.95. The molecule has 0 aliphatic rings. The quantitative estimate of drug-likeness (QED) is 0.0222. The topological polar surface area (TPSA) is 237 Å². The summed E-state index contributed by atoms with van der Waals surface area (Å²) in [5.41, 5.74) is 0. The average Bonchev–Trinajstić information content (AvgIpc) is 1.78. The molecule has 2 unspecified atom stereocenters. The lowest BCUT2D eigenvalue weighted by atomic mass is 10.0. The van der Waals surface area contributed by atoms with Gasteiger partial charge in [-0.15, -0.1) is 0 Å². The molecule has 0 saturated heterocycles. The third-order valence-electron chi connectivity index (χ3n) is 17.3. The summed E-state index contributed by atoms with van der Waals surface area (Å²) in [6.45, 7) is 7.26. The Hall–Kier alpha value is -1.94. The van der Waals surface area contributed by atoms with Crippen molar-refractivity contribution in [1.82, 2.24) is 0 Å². The van der Waals surface area contributed by atoms with E-state index in [1.165, 1.54) is 205 Å². The van der Waals surface area contributed by atoms with E-state index in [1.54, 1.807) is 0 Å². The number of aliphatic hydroxyl groups excluding tert-OH is 1. The fourth-order valence-corrected chi connectivity index (χ4v) is 12.9. The molecule has 0 fully saturated rings. The van der Waals surface area contributed by atoms with Gasteiger partial charge in [0.05, 0.1) is 26.4 Å². The summed E-state index contributed by atoms with van der Waals surface area (Å²) in [4.78, 5) is 72.6. The van der Waals surface area contributed by atoms with Gasteiger partial charge in [0, 0.05) is 25.7 Å². The number of aliphatic hydroxyl groups is 1. The number of carbonyl (C=O) groups is 4. The zero-order valence-corrected chi connectivity index (χ0v) is 62.2. The molecule has 19 heteroatoms. The Morgan fingerprint density at radius 1 is 0.290 bits per heavy atom.